The Morgan fingerprint density at radius 3 is 2.77 bits per heavy atom. The third-order valence-electron chi connectivity index (χ3n) is 2.23. The number of hydrogen-bond acceptors (Lipinski definition) is 3. The van der Waals surface area contributed by atoms with Gasteiger partial charge in [0.15, 0.2) is 0 Å². The molecule has 0 aliphatic heterocycles. The number of esters is 1. The zero-order chi connectivity index (χ0) is 9.90. The van der Waals surface area contributed by atoms with E-state index in [4.69, 9.17) is 9.47 Å². The molecule has 0 aromatic rings. The quantitative estimate of drug-likeness (QED) is 0.481. The highest BCUT2D eigenvalue weighted by Gasteiger charge is 2.38. The Hall–Kier alpha value is -1.25. The van der Waals surface area contributed by atoms with Crippen molar-refractivity contribution in [3.63, 3.8) is 0 Å². The van der Waals surface area contributed by atoms with Crippen molar-refractivity contribution in [1.29, 1.82) is 0 Å². The highest BCUT2D eigenvalue weighted by molar-refractivity contribution is 5.82. The van der Waals surface area contributed by atoms with Gasteiger partial charge in [-0.3, -0.25) is 4.79 Å². The lowest BCUT2D eigenvalue weighted by atomic mass is 9.84. The van der Waals surface area contributed by atoms with E-state index >= 15 is 0 Å². The van der Waals surface area contributed by atoms with Gasteiger partial charge >= 0.3 is 5.97 Å². The minimum atomic E-state index is -0.748. The second kappa shape index (κ2) is 3.64. The van der Waals surface area contributed by atoms with Crippen LogP contribution in [0.1, 0.15) is 13.3 Å². The average Bonchev–Trinajstić information content (AvgIpc) is 2.17. The van der Waals surface area contributed by atoms with Crippen molar-refractivity contribution in [2.45, 2.75) is 13.3 Å². The highest BCUT2D eigenvalue weighted by atomic mass is 16.5. The van der Waals surface area contributed by atoms with Crippen molar-refractivity contribution in [1.82, 2.24) is 0 Å². The van der Waals surface area contributed by atoms with Crippen LogP contribution < -0.4 is 0 Å². The Morgan fingerprint density at radius 2 is 2.23 bits per heavy atom. The molecule has 1 aliphatic rings. The van der Waals surface area contributed by atoms with E-state index in [-0.39, 0.29) is 5.97 Å². The van der Waals surface area contributed by atoms with Crippen molar-refractivity contribution in [3.8, 4) is 0 Å². The molecular weight excluding hydrogens is 168 g/mol. The number of carbonyl (C=O) groups excluding carboxylic acids is 1. The van der Waals surface area contributed by atoms with E-state index in [1.165, 1.54) is 7.11 Å². The molecule has 0 aromatic heterocycles. The molecule has 0 N–H and O–H groups in total. The molecule has 0 spiro atoms. The molecule has 0 radical (unpaired) electrons. The van der Waals surface area contributed by atoms with Crippen molar-refractivity contribution < 1.29 is 14.3 Å². The predicted molar refractivity (Wildman–Crippen MR) is 49.0 cm³/mol. The molecule has 3 heteroatoms. The van der Waals surface area contributed by atoms with Gasteiger partial charge in [-0.2, -0.15) is 0 Å². The lowest BCUT2D eigenvalue weighted by molar-refractivity contribution is -0.148. The molecule has 0 aromatic carbocycles. The number of allylic oxidation sites excluding steroid dienone is 2. The van der Waals surface area contributed by atoms with E-state index in [2.05, 4.69) is 0 Å². The smallest absolute Gasteiger partial charge is 0.323 e. The third kappa shape index (κ3) is 1.59. The molecule has 13 heavy (non-hydrogen) atoms. The summed E-state index contributed by atoms with van der Waals surface area (Å²) in [5, 5.41) is 0. The average molecular weight is 182 g/mol. The Labute approximate surface area is 78.0 Å². The highest BCUT2D eigenvalue weighted by Crippen LogP contribution is 2.33. The summed E-state index contributed by atoms with van der Waals surface area (Å²) in [6.07, 6.45) is 6.43. The zero-order valence-corrected chi connectivity index (χ0v) is 8.16. The molecule has 0 fully saturated rings. The van der Waals surface area contributed by atoms with Gasteiger partial charge < -0.3 is 9.47 Å². The van der Waals surface area contributed by atoms with E-state index in [1.807, 2.05) is 18.2 Å². The first-order valence-electron chi connectivity index (χ1n) is 4.16. The van der Waals surface area contributed by atoms with E-state index in [1.54, 1.807) is 14.0 Å². The minimum absolute atomic E-state index is 0.295. The molecular formula is C10H14O3. The second-order valence-corrected chi connectivity index (χ2v) is 3.10. The van der Waals surface area contributed by atoms with Crippen LogP contribution in [0.4, 0.5) is 0 Å². The maximum atomic E-state index is 11.5. The Balaban J connectivity index is 2.97. The Morgan fingerprint density at radius 1 is 1.54 bits per heavy atom. The summed E-state index contributed by atoms with van der Waals surface area (Å²) in [5.74, 6) is 0.360. The van der Waals surface area contributed by atoms with Crippen LogP contribution >= 0.6 is 0 Å². The molecule has 1 atom stereocenters. The summed E-state index contributed by atoms with van der Waals surface area (Å²) < 4.78 is 9.85. The van der Waals surface area contributed by atoms with Gasteiger partial charge in [0.25, 0.3) is 0 Å². The van der Waals surface area contributed by atoms with Crippen molar-refractivity contribution in [2.75, 3.05) is 14.2 Å². The second-order valence-electron chi connectivity index (χ2n) is 3.10. The summed E-state index contributed by atoms with van der Waals surface area (Å²) in [6, 6.07) is 0. The van der Waals surface area contributed by atoms with Gasteiger partial charge in [0.2, 0.25) is 0 Å². The first kappa shape index (κ1) is 9.84. The van der Waals surface area contributed by atoms with Crippen LogP contribution in [0.5, 0.6) is 0 Å². The van der Waals surface area contributed by atoms with Gasteiger partial charge in [-0.15, -0.1) is 0 Å². The van der Waals surface area contributed by atoms with Crippen LogP contribution in [0.2, 0.25) is 0 Å². The standard InChI is InChI=1S/C10H14O3/c1-10(9(11)13-3)7-5-4-6-8(10)12-2/h5-7H,4H2,1-3H3. The summed E-state index contributed by atoms with van der Waals surface area (Å²) in [4.78, 5) is 11.5. The Bertz CT molecular complexity index is 265. The molecule has 0 saturated carbocycles. The van der Waals surface area contributed by atoms with Gasteiger partial charge in [-0.1, -0.05) is 12.2 Å². The molecule has 0 bridgehead atoms. The normalized spacial score (nSPS) is 26.5. The summed E-state index contributed by atoms with van der Waals surface area (Å²) in [7, 11) is 2.94. The molecule has 72 valence electrons. The van der Waals surface area contributed by atoms with Crippen LogP contribution in [0, 0.1) is 5.41 Å². The molecule has 1 aliphatic carbocycles. The molecule has 1 unspecified atom stereocenters. The van der Waals surface area contributed by atoms with Crippen molar-refractivity contribution in [2.24, 2.45) is 5.41 Å². The fourth-order valence-corrected chi connectivity index (χ4v) is 1.45. The fourth-order valence-electron chi connectivity index (χ4n) is 1.45. The minimum Gasteiger partial charge on any atom is -0.500 e. The summed E-state index contributed by atoms with van der Waals surface area (Å²) in [5.41, 5.74) is -0.748. The molecule has 0 saturated heterocycles. The Kier molecular flexibility index (Phi) is 2.76. The summed E-state index contributed by atoms with van der Waals surface area (Å²) >= 11 is 0. The fraction of sp³-hybridized carbons (Fsp3) is 0.500. The number of methoxy groups -OCH3 is 2. The topological polar surface area (TPSA) is 35.5 Å². The van der Waals surface area contributed by atoms with E-state index in [9.17, 15) is 4.79 Å². The maximum absolute atomic E-state index is 11.5. The van der Waals surface area contributed by atoms with Gasteiger partial charge in [-0.05, 0) is 19.4 Å². The summed E-state index contributed by atoms with van der Waals surface area (Å²) in [6.45, 7) is 1.78. The molecule has 1 rings (SSSR count). The lowest BCUT2D eigenvalue weighted by Gasteiger charge is -2.27. The zero-order valence-electron chi connectivity index (χ0n) is 8.16. The maximum Gasteiger partial charge on any atom is 0.323 e. The van der Waals surface area contributed by atoms with Gasteiger partial charge in [0.1, 0.15) is 11.2 Å². The SMILES string of the molecule is COC(=O)C1(C)C=CCC=C1OC. The largest absolute Gasteiger partial charge is 0.500 e. The van der Waals surface area contributed by atoms with Gasteiger partial charge in [0.05, 0.1) is 14.2 Å². The number of rotatable bonds is 2. The van der Waals surface area contributed by atoms with Crippen LogP contribution in [0.15, 0.2) is 24.0 Å². The lowest BCUT2D eigenvalue weighted by Crippen LogP contribution is -2.31. The van der Waals surface area contributed by atoms with Crippen molar-refractivity contribution >= 4 is 5.97 Å². The number of carbonyl (C=O) groups is 1. The number of ether oxygens (including phenoxy) is 2. The first-order chi connectivity index (χ1) is 6.15. The predicted octanol–water partition coefficient (Wildman–Crippen LogP) is 1.66. The van der Waals surface area contributed by atoms with E-state index in [0.717, 1.165) is 6.42 Å². The van der Waals surface area contributed by atoms with E-state index in [0.29, 0.717) is 5.76 Å². The molecule has 3 nitrogen and oxygen atoms in total. The van der Waals surface area contributed by atoms with Crippen LogP contribution in [0.25, 0.3) is 0 Å². The van der Waals surface area contributed by atoms with Crippen LogP contribution in [-0.2, 0) is 14.3 Å². The molecule has 0 heterocycles. The third-order valence-corrected chi connectivity index (χ3v) is 2.23. The molecule has 0 amide bonds. The van der Waals surface area contributed by atoms with Crippen molar-refractivity contribution in [3.05, 3.63) is 24.0 Å². The van der Waals surface area contributed by atoms with Gasteiger partial charge in [-0.25, -0.2) is 0 Å². The number of hydrogen-bond donors (Lipinski definition) is 0. The van der Waals surface area contributed by atoms with E-state index < -0.39 is 5.41 Å². The van der Waals surface area contributed by atoms with Crippen LogP contribution in [-0.4, -0.2) is 20.2 Å². The van der Waals surface area contributed by atoms with Gasteiger partial charge in [0, 0.05) is 0 Å². The first-order valence-corrected chi connectivity index (χ1v) is 4.16. The van der Waals surface area contributed by atoms with Crippen LogP contribution in [0.3, 0.4) is 0 Å². The monoisotopic (exact) mass is 182 g/mol.